The molecule has 2 heterocycles. The summed E-state index contributed by atoms with van der Waals surface area (Å²) in [4.78, 5) is 11.6. The third kappa shape index (κ3) is 5.48. The van der Waals surface area contributed by atoms with Crippen molar-refractivity contribution in [3.8, 4) is 17.6 Å². The van der Waals surface area contributed by atoms with Gasteiger partial charge in [0.15, 0.2) is 0 Å². The van der Waals surface area contributed by atoms with E-state index in [0.29, 0.717) is 27.0 Å². The van der Waals surface area contributed by atoms with Crippen LogP contribution in [0.1, 0.15) is 15.9 Å². The summed E-state index contributed by atoms with van der Waals surface area (Å²) in [7, 11) is 2.74. The molecule has 0 aliphatic carbocycles. The van der Waals surface area contributed by atoms with Crippen LogP contribution in [0.3, 0.4) is 0 Å². The molecule has 162 valence electrons. The average Bonchev–Trinajstić information content (AvgIpc) is 3.07. The van der Waals surface area contributed by atoms with Gasteiger partial charge in [-0.2, -0.15) is 13.2 Å². The number of carbonyl (C=O) groups excluding carboxylic acids is 1. The molecule has 2 aromatic heterocycles. The number of nitrogens with zero attached hydrogens (tertiary/aromatic N) is 1. The minimum Gasteiger partial charge on any atom is -0.495 e. The normalized spacial score (nSPS) is 11.0. The van der Waals surface area contributed by atoms with Crippen LogP contribution in [0.15, 0.2) is 52.1 Å². The van der Waals surface area contributed by atoms with Gasteiger partial charge in [0.2, 0.25) is 0 Å². The number of pyridine rings is 1. The number of hydrogen-bond acceptors (Lipinski definition) is 5. The fourth-order valence-electron chi connectivity index (χ4n) is 2.80. The lowest BCUT2D eigenvalue weighted by atomic mass is 10.2. The number of methoxy groups -OCH3 is 2. The second-order valence-electron chi connectivity index (χ2n) is 6.08. The molecule has 0 saturated carbocycles. The van der Waals surface area contributed by atoms with Gasteiger partial charge >= 0.3 is 11.5 Å². The van der Waals surface area contributed by atoms with Crippen LogP contribution in [0, 0.1) is 11.8 Å². The molecule has 0 aliphatic rings. The van der Waals surface area contributed by atoms with E-state index in [2.05, 4.69) is 37.8 Å². The smallest absolute Gasteiger partial charge is 0.447 e. The van der Waals surface area contributed by atoms with Gasteiger partial charge in [0.25, 0.3) is 0 Å². The number of hydrogen-bond donors (Lipinski definition) is 1. The van der Waals surface area contributed by atoms with Crippen LogP contribution in [-0.2, 0) is 4.74 Å². The lowest BCUT2D eigenvalue weighted by Gasteiger charge is -2.10. The van der Waals surface area contributed by atoms with E-state index in [-0.39, 0.29) is 28.9 Å². The SMILES string of the molecule is COC(=O)c1ccc(NCC#Cc2cc3c(Br)cccn3c2SC(F)(F)F)c(OC)c1. The van der Waals surface area contributed by atoms with Crippen molar-refractivity contribution in [3.05, 3.63) is 58.2 Å². The fourth-order valence-corrected chi connectivity index (χ4v) is 3.96. The summed E-state index contributed by atoms with van der Waals surface area (Å²) in [6.45, 7) is 0.150. The van der Waals surface area contributed by atoms with Crippen molar-refractivity contribution in [2.24, 2.45) is 0 Å². The summed E-state index contributed by atoms with van der Waals surface area (Å²) in [6, 6.07) is 9.75. The predicted octanol–water partition coefficient (Wildman–Crippen LogP) is 5.57. The Balaban J connectivity index is 1.84. The zero-order valence-corrected chi connectivity index (χ0v) is 18.7. The molecule has 3 rings (SSSR count). The third-order valence-corrected chi connectivity index (χ3v) is 5.65. The molecule has 1 aromatic carbocycles. The highest BCUT2D eigenvalue weighted by Crippen LogP contribution is 2.40. The first-order valence-electron chi connectivity index (χ1n) is 8.78. The van der Waals surface area contributed by atoms with Crippen molar-refractivity contribution in [2.75, 3.05) is 26.1 Å². The molecule has 5 nitrogen and oxygen atoms in total. The summed E-state index contributed by atoms with van der Waals surface area (Å²) >= 11 is 3.15. The summed E-state index contributed by atoms with van der Waals surface area (Å²) in [5.74, 6) is 5.57. The van der Waals surface area contributed by atoms with E-state index in [1.807, 2.05) is 0 Å². The second-order valence-corrected chi connectivity index (χ2v) is 7.99. The fraction of sp³-hybridized carbons (Fsp3) is 0.190. The number of anilines is 1. The van der Waals surface area contributed by atoms with E-state index < -0.39 is 11.5 Å². The van der Waals surface area contributed by atoms with Gasteiger partial charge in [-0.25, -0.2) is 4.79 Å². The molecule has 1 N–H and O–H groups in total. The van der Waals surface area contributed by atoms with E-state index in [0.717, 1.165) is 0 Å². The third-order valence-electron chi connectivity index (χ3n) is 4.14. The van der Waals surface area contributed by atoms with Crippen molar-refractivity contribution in [1.29, 1.82) is 0 Å². The van der Waals surface area contributed by atoms with Gasteiger partial charge in [-0.15, -0.1) is 0 Å². The molecule has 0 amide bonds. The van der Waals surface area contributed by atoms with Gasteiger partial charge in [-0.05, 0) is 52.3 Å². The van der Waals surface area contributed by atoms with Crippen molar-refractivity contribution < 1.29 is 27.4 Å². The number of aromatic nitrogens is 1. The number of alkyl halides is 3. The first-order valence-corrected chi connectivity index (χ1v) is 10.4. The Kier molecular flexibility index (Phi) is 7.08. The minimum absolute atomic E-state index is 0.00342. The molecule has 0 radical (unpaired) electrons. The Hall–Kier alpha value is -2.77. The summed E-state index contributed by atoms with van der Waals surface area (Å²) in [6.07, 6.45) is 1.56. The highest BCUT2D eigenvalue weighted by Gasteiger charge is 2.32. The van der Waals surface area contributed by atoms with Crippen molar-refractivity contribution in [2.45, 2.75) is 10.5 Å². The van der Waals surface area contributed by atoms with Gasteiger partial charge in [-0.1, -0.05) is 11.8 Å². The predicted molar refractivity (Wildman–Crippen MR) is 117 cm³/mol. The number of ether oxygens (including phenoxy) is 2. The summed E-state index contributed by atoms with van der Waals surface area (Å²) in [5, 5.41) is 3.03. The Morgan fingerprint density at radius 3 is 2.71 bits per heavy atom. The monoisotopic (exact) mass is 512 g/mol. The lowest BCUT2D eigenvalue weighted by molar-refractivity contribution is -0.0329. The van der Waals surface area contributed by atoms with E-state index in [4.69, 9.17) is 4.74 Å². The van der Waals surface area contributed by atoms with Gasteiger partial charge in [-0.3, -0.25) is 0 Å². The maximum absolute atomic E-state index is 13.1. The number of halogens is 4. The standard InChI is InChI=1S/C21H16BrF3N2O3S/c1-29-18-12-14(20(28)30-2)7-8-16(18)26-9-3-5-13-11-17-15(22)6-4-10-27(17)19(13)31-21(23,24)25/h4,6-8,10-12,26H,9H2,1-2H3. The van der Waals surface area contributed by atoms with Crippen LogP contribution in [0.2, 0.25) is 0 Å². The van der Waals surface area contributed by atoms with Crippen LogP contribution < -0.4 is 10.1 Å². The molecule has 3 aromatic rings. The summed E-state index contributed by atoms with van der Waals surface area (Å²) < 4.78 is 51.3. The minimum atomic E-state index is -4.44. The summed E-state index contributed by atoms with van der Waals surface area (Å²) in [5.41, 5.74) is -2.68. The van der Waals surface area contributed by atoms with Crippen LogP contribution in [0.25, 0.3) is 5.52 Å². The molecule has 0 atom stereocenters. The maximum Gasteiger partial charge on any atom is 0.447 e. The Morgan fingerprint density at radius 2 is 2.03 bits per heavy atom. The van der Waals surface area contributed by atoms with Crippen LogP contribution in [0.5, 0.6) is 5.75 Å². The van der Waals surface area contributed by atoms with E-state index in [1.165, 1.54) is 24.7 Å². The zero-order valence-electron chi connectivity index (χ0n) is 16.3. The molecular formula is C21H16BrF3N2O3S. The first-order chi connectivity index (χ1) is 14.7. The molecule has 10 heteroatoms. The van der Waals surface area contributed by atoms with Crippen LogP contribution >= 0.6 is 27.7 Å². The van der Waals surface area contributed by atoms with Gasteiger partial charge in [0, 0.05) is 22.4 Å². The Morgan fingerprint density at radius 1 is 1.26 bits per heavy atom. The zero-order chi connectivity index (χ0) is 22.6. The largest absolute Gasteiger partial charge is 0.495 e. The number of fused-ring (bicyclic) bond motifs is 1. The van der Waals surface area contributed by atoms with Crippen molar-refractivity contribution >= 4 is 44.9 Å². The molecule has 31 heavy (non-hydrogen) atoms. The number of benzene rings is 1. The highest BCUT2D eigenvalue weighted by molar-refractivity contribution is 9.10. The van der Waals surface area contributed by atoms with Crippen molar-refractivity contribution in [1.82, 2.24) is 4.40 Å². The van der Waals surface area contributed by atoms with Crippen LogP contribution in [0.4, 0.5) is 18.9 Å². The quantitative estimate of drug-likeness (QED) is 0.275. The molecule has 0 saturated heterocycles. The van der Waals surface area contributed by atoms with Gasteiger partial charge < -0.3 is 19.2 Å². The van der Waals surface area contributed by atoms with E-state index in [9.17, 15) is 18.0 Å². The number of carbonyl (C=O) groups is 1. The number of thioether (sulfide) groups is 1. The van der Waals surface area contributed by atoms with Gasteiger partial charge in [0.05, 0.1) is 43.1 Å². The molecule has 0 aliphatic heterocycles. The maximum atomic E-state index is 13.1. The molecule has 0 unspecified atom stereocenters. The second kappa shape index (κ2) is 9.58. The molecule has 0 bridgehead atoms. The number of esters is 1. The van der Waals surface area contributed by atoms with E-state index >= 15 is 0 Å². The molecule has 0 spiro atoms. The van der Waals surface area contributed by atoms with E-state index in [1.54, 1.807) is 36.5 Å². The van der Waals surface area contributed by atoms with Gasteiger partial charge in [0.1, 0.15) is 10.8 Å². The Bertz CT molecular complexity index is 1180. The average molecular weight is 513 g/mol. The first kappa shape index (κ1) is 22.9. The topological polar surface area (TPSA) is 52.0 Å². The molecular weight excluding hydrogens is 497 g/mol. The number of nitrogens with one attached hydrogen (secondary N) is 1. The number of rotatable bonds is 5. The highest BCUT2D eigenvalue weighted by atomic mass is 79.9. The lowest BCUT2D eigenvalue weighted by Crippen LogP contribution is -2.05. The molecule has 0 fully saturated rings. The van der Waals surface area contributed by atoms with Crippen molar-refractivity contribution in [3.63, 3.8) is 0 Å². The Labute approximate surface area is 189 Å². The van der Waals surface area contributed by atoms with Crippen LogP contribution in [-0.4, -0.2) is 36.6 Å².